The molecular formula is C17H27FN2. The summed E-state index contributed by atoms with van der Waals surface area (Å²) in [6, 6.07) is 8.02. The molecule has 1 aromatic carbocycles. The molecule has 2 unspecified atom stereocenters. The lowest BCUT2D eigenvalue weighted by Gasteiger charge is -2.38. The first-order valence-electron chi connectivity index (χ1n) is 7.79. The molecule has 3 heteroatoms. The smallest absolute Gasteiger partial charge is 0.123 e. The molecule has 0 spiro atoms. The molecule has 0 saturated carbocycles. The number of hydrogen-bond donors (Lipinski definition) is 1. The summed E-state index contributed by atoms with van der Waals surface area (Å²) in [5.74, 6) is 0.444. The lowest BCUT2D eigenvalue weighted by atomic mass is 9.88. The number of benzene rings is 1. The number of likely N-dealkylation sites (tertiary alicyclic amines) is 1. The molecule has 2 rings (SSSR count). The second kappa shape index (κ2) is 7.19. The van der Waals surface area contributed by atoms with Gasteiger partial charge in [0.15, 0.2) is 0 Å². The molecule has 20 heavy (non-hydrogen) atoms. The molecule has 0 amide bonds. The fourth-order valence-electron chi connectivity index (χ4n) is 3.45. The molecule has 2 nitrogen and oxygen atoms in total. The molecular weight excluding hydrogens is 251 g/mol. The van der Waals surface area contributed by atoms with Gasteiger partial charge in [0, 0.05) is 12.1 Å². The van der Waals surface area contributed by atoms with Gasteiger partial charge in [-0.2, -0.15) is 0 Å². The van der Waals surface area contributed by atoms with Crippen molar-refractivity contribution in [2.45, 2.75) is 45.2 Å². The van der Waals surface area contributed by atoms with Gasteiger partial charge in [-0.05, 0) is 70.4 Å². The summed E-state index contributed by atoms with van der Waals surface area (Å²) in [5, 5.41) is 3.34. The zero-order valence-corrected chi connectivity index (χ0v) is 12.9. The van der Waals surface area contributed by atoms with E-state index in [1.54, 1.807) is 12.1 Å². The van der Waals surface area contributed by atoms with Gasteiger partial charge in [0.2, 0.25) is 0 Å². The predicted molar refractivity (Wildman–Crippen MR) is 82.3 cm³/mol. The van der Waals surface area contributed by atoms with Crippen LogP contribution in [0, 0.1) is 11.7 Å². The quantitative estimate of drug-likeness (QED) is 0.905. The minimum Gasteiger partial charge on any atom is -0.319 e. The van der Waals surface area contributed by atoms with Crippen LogP contribution in [0.15, 0.2) is 24.3 Å². The highest BCUT2D eigenvalue weighted by Gasteiger charge is 2.31. The van der Waals surface area contributed by atoms with Gasteiger partial charge in [-0.25, -0.2) is 4.39 Å². The van der Waals surface area contributed by atoms with Crippen LogP contribution in [0.2, 0.25) is 0 Å². The lowest BCUT2D eigenvalue weighted by Crippen LogP contribution is -2.40. The van der Waals surface area contributed by atoms with Crippen molar-refractivity contribution in [1.29, 1.82) is 0 Å². The van der Waals surface area contributed by atoms with Crippen molar-refractivity contribution in [1.82, 2.24) is 10.2 Å². The second-order valence-electron chi connectivity index (χ2n) is 6.14. The highest BCUT2D eigenvalue weighted by Crippen LogP contribution is 2.36. The van der Waals surface area contributed by atoms with Crippen molar-refractivity contribution >= 4 is 0 Å². The van der Waals surface area contributed by atoms with Crippen LogP contribution in [0.25, 0.3) is 0 Å². The summed E-state index contributed by atoms with van der Waals surface area (Å²) in [6.07, 6.45) is 3.79. The maximum Gasteiger partial charge on any atom is 0.123 e. The molecule has 0 aromatic heterocycles. The van der Waals surface area contributed by atoms with E-state index in [0.29, 0.717) is 18.0 Å². The van der Waals surface area contributed by atoms with Crippen LogP contribution < -0.4 is 5.32 Å². The Morgan fingerprint density at radius 2 is 1.95 bits per heavy atom. The predicted octanol–water partition coefficient (Wildman–Crippen LogP) is 3.60. The van der Waals surface area contributed by atoms with Crippen molar-refractivity contribution in [2.75, 3.05) is 20.1 Å². The van der Waals surface area contributed by atoms with Crippen LogP contribution in [0.5, 0.6) is 0 Å². The van der Waals surface area contributed by atoms with Crippen molar-refractivity contribution < 1.29 is 4.39 Å². The SMILES string of the molecule is CNCC1CCCCN(C(C)C)C1c1ccc(F)cc1. The monoisotopic (exact) mass is 278 g/mol. The Morgan fingerprint density at radius 3 is 2.55 bits per heavy atom. The van der Waals surface area contributed by atoms with E-state index in [1.165, 1.54) is 24.8 Å². The van der Waals surface area contributed by atoms with E-state index in [9.17, 15) is 4.39 Å². The molecule has 1 aliphatic heterocycles. The van der Waals surface area contributed by atoms with Crippen LogP contribution in [-0.4, -0.2) is 31.1 Å². The summed E-state index contributed by atoms with van der Waals surface area (Å²) in [5.41, 5.74) is 1.25. The molecule has 1 N–H and O–H groups in total. The third kappa shape index (κ3) is 3.58. The Balaban J connectivity index is 2.33. The van der Waals surface area contributed by atoms with Gasteiger partial charge in [-0.15, -0.1) is 0 Å². The molecule has 1 aromatic rings. The fraction of sp³-hybridized carbons (Fsp3) is 0.647. The molecule has 1 aliphatic rings. The molecule has 1 fully saturated rings. The molecule has 0 radical (unpaired) electrons. The number of nitrogens with zero attached hydrogens (tertiary/aromatic N) is 1. The Bertz CT molecular complexity index is 402. The first-order chi connectivity index (χ1) is 9.63. The van der Waals surface area contributed by atoms with Gasteiger partial charge in [-0.1, -0.05) is 18.6 Å². The van der Waals surface area contributed by atoms with E-state index in [4.69, 9.17) is 0 Å². The largest absolute Gasteiger partial charge is 0.319 e. The minimum atomic E-state index is -0.149. The van der Waals surface area contributed by atoms with E-state index in [1.807, 2.05) is 19.2 Å². The molecule has 1 saturated heterocycles. The second-order valence-corrected chi connectivity index (χ2v) is 6.14. The van der Waals surface area contributed by atoms with Gasteiger partial charge in [0.25, 0.3) is 0 Å². The van der Waals surface area contributed by atoms with Gasteiger partial charge in [0.1, 0.15) is 5.82 Å². The molecule has 0 aliphatic carbocycles. The first-order valence-corrected chi connectivity index (χ1v) is 7.79. The van der Waals surface area contributed by atoms with Gasteiger partial charge in [-0.3, -0.25) is 4.90 Å². The molecule has 2 atom stereocenters. The van der Waals surface area contributed by atoms with Gasteiger partial charge < -0.3 is 5.32 Å². The highest BCUT2D eigenvalue weighted by atomic mass is 19.1. The topological polar surface area (TPSA) is 15.3 Å². The average molecular weight is 278 g/mol. The van der Waals surface area contributed by atoms with E-state index < -0.39 is 0 Å². The third-order valence-corrected chi connectivity index (χ3v) is 4.39. The zero-order valence-electron chi connectivity index (χ0n) is 12.9. The average Bonchev–Trinajstić information content (AvgIpc) is 2.63. The molecule has 0 bridgehead atoms. The maximum absolute atomic E-state index is 13.2. The van der Waals surface area contributed by atoms with Crippen molar-refractivity contribution in [3.8, 4) is 0 Å². The summed E-state index contributed by atoms with van der Waals surface area (Å²) in [6.45, 7) is 6.68. The Labute approximate surface area is 122 Å². The van der Waals surface area contributed by atoms with Gasteiger partial charge in [0.05, 0.1) is 0 Å². The van der Waals surface area contributed by atoms with Crippen molar-refractivity contribution in [3.63, 3.8) is 0 Å². The number of halogens is 1. The van der Waals surface area contributed by atoms with Crippen LogP contribution in [0.3, 0.4) is 0 Å². The standard InChI is InChI=1S/C17H27FN2/c1-13(2)20-11-5-4-6-15(12-19-3)17(20)14-7-9-16(18)10-8-14/h7-10,13,15,17,19H,4-6,11-12H2,1-3H3. The summed E-state index contributed by atoms with van der Waals surface area (Å²) < 4.78 is 13.2. The number of nitrogens with one attached hydrogen (secondary N) is 1. The number of hydrogen-bond acceptors (Lipinski definition) is 2. The van der Waals surface area contributed by atoms with Crippen LogP contribution in [-0.2, 0) is 0 Å². The minimum absolute atomic E-state index is 0.149. The van der Waals surface area contributed by atoms with E-state index in [0.717, 1.165) is 13.1 Å². The Morgan fingerprint density at radius 1 is 1.25 bits per heavy atom. The summed E-state index contributed by atoms with van der Waals surface area (Å²) in [4.78, 5) is 2.59. The van der Waals surface area contributed by atoms with Crippen LogP contribution in [0.4, 0.5) is 4.39 Å². The van der Waals surface area contributed by atoms with Crippen molar-refractivity contribution in [2.24, 2.45) is 5.92 Å². The lowest BCUT2D eigenvalue weighted by molar-refractivity contribution is 0.118. The van der Waals surface area contributed by atoms with Crippen molar-refractivity contribution in [3.05, 3.63) is 35.6 Å². The summed E-state index contributed by atoms with van der Waals surface area (Å²) in [7, 11) is 2.02. The maximum atomic E-state index is 13.2. The molecule has 112 valence electrons. The Kier molecular flexibility index (Phi) is 5.55. The number of rotatable bonds is 4. The van der Waals surface area contributed by atoms with E-state index in [-0.39, 0.29) is 5.82 Å². The van der Waals surface area contributed by atoms with Gasteiger partial charge >= 0.3 is 0 Å². The Hall–Kier alpha value is -0.930. The van der Waals surface area contributed by atoms with Crippen LogP contribution >= 0.6 is 0 Å². The van der Waals surface area contributed by atoms with E-state index >= 15 is 0 Å². The van der Waals surface area contributed by atoms with E-state index in [2.05, 4.69) is 24.1 Å². The fourth-order valence-corrected chi connectivity index (χ4v) is 3.45. The third-order valence-electron chi connectivity index (χ3n) is 4.39. The van der Waals surface area contributed by atoms with Crippen LogP contribution in [0.1, 0.15) is 44.7 Å². The summed E-state index contributed by atoms with van der Waals surface area (Å²) >= 11 is 0. The normalized spacial score (nSPS) is 24.9. The first kappa shape index (κ1) is 15.5. The zero-order chi connectivity index (χ0) is 14.5. The molecule has 1 heterocycles. The highest BCUT2D eigenvalue weighted by molar-refractivity contribution is 5.21.